The van der Waals surface area contributed by atoms with Crippen molar-refractivity contribution in [2.45, 2.75) is 83.3 Å². The van der Waals surface area contributed by atoms with E-state index in [4.69, 9.17) is 0 Å². The van der Waals surface area contributed by atoms with Crippen molar-refractivity contribution in [3.8, 4) is 0 Å². The third kappa shape index (κ3) is 2.23. The Labute approximate surface area is 152 Å². The Morgan fingerprint density at radius 1 is 1.04 bits per heavy atom. The molecule has 4 aliphatic carbocycles. The van der Waals surface area contributed by atoms with Crippen LogP contribution in [0.4, 0.5) is 0 Å². The molecule has 0 saturated heterocycles. The van der Waals surface area contributed by atoms with E-state index in [-0.39, 0.29) is 11.3 Å². The van der Waals surface area contributed by atoms with Crippen LogP contribution in [-0.4, -0.2) is 36.0 Å². The SMILES string of the molecule is CN1C(=O)C=C[C@]2(C)[C@H]3CC[C@]4(C)[C@@H](NC5CC5)CC[C@H]4[C@@H]3CC[C@@H]12. The Morgan fingerprint density at radius 3 is 2.60 bits per heavy atom. The lowest BCUT2D eigenvalue weighted by molar-refractivity contribution is -0.138. The molecule has 4 saturated carbocycles. The monoisotopic (exact) mass is 342 g/mol. The summed E-state index contributed by atoms with van der Waals surface area (Å²) >= 11 is 0. The molecule has 3 nitrogen and oxygen atoms in total. The molecule has 0 aromatic carbocycles. The number of fused-ring (bicyclic) bond motifs is 5. The molecule has 0 radical (unpaired) electrons. The molecule has 0 bridgehead atoms. The highest BCUT2D eigenvalue weighted by Gasteiger charge is 2.60. The van der Waals surface area contributed by atoms with Crippen LogP contribution in [-0.2, 0) is 4.79 Å². The smallest absolute Gasteiger partial charge is 0.246 e. The summed E-state index contributed by atoms with van der Waals surface area (Å²) in [6, 6.07) is 1.99. The van der Waals surface area contributed by atoms with Crippen LogP contribution < -0.4 is 5.32 Å². The topological polar surface area (TPSA) is 32.3 Å². The summed E-state index contributed by atoms with van der Waals surface area (Å²) in [6.45, 7) is 5.05. The maximum atomic E-state index is 12.2. The van der Waals surface area contributed by atoms with Crippen molar-refractivity contribution in [3.05, 3.63) is 12.2 Å². The summed E-state index contributed by atoms with van der Waals surface area (Å²) < 4.78 is 0. The van der Waals surface area contributed by atoms with Gasteiger partial charge in [0.1, 0.15) is 0 Å². The first-order chi connectivity index (χ1) is 11.9. The van der Waals surface area contributed by atoms with E-state index in [0.717, 1.165) is 29.8 Å². The zero-order valence-corrected chi connectivity index (χ0v) is 16.1. The minimum absolute atomic E-state index is 0.189. The molecule has 138 valence electrons. The normalized spacial score (nSPS) is 51.9. The first-order valence-electron chi connectivity index (χ1n) is 10.7. The molecule has 3 heteroatoms. The van der Waals surface area contributed by atoms with Crippen molar-refractivity contribution in [3.63, 3.8) is 0 Å². The van der Waals surface area contributed by atoms with E-state index in [1.54, 1.807) is 0 Å². The fourth-order valence-corrected chi connectivity index (χ4v) is 7.55. The van der Waals surface area contributed by atoms with Crippen molar-refractivity contribution in [2.75, 3.05) is 7.05 Å². The number of hydrogen-bond acceptors (Lipinski definition) is 2. The second-order valence-electron chi connectivity index (χ2n) is 10.2. The van der Waals surface area contributed by atoms with Crippen LogP contribution in [0.3, 0.4) is 0 Å². The van der Waals surface area contributed by atoms with E-state index in [2.05, 4.69) is 25.2 Å². The van der Waals surface area contributed by atoms with Crippen LogP contribution in [0.25, 0.3) is 0 Å². The molecule has 5 aliphatic rings. The van der Waals surface area contributed by atoms with E-state index >= 15 is 0 Å². The van der Waals surface area contributed by atoms with Crippen LogP contribution in [0, 0.1) is 28.6 Å². The maximum Gasteiger partial charge on any atom is 0.246 e. The Kier molecular flexibility index (Phi) is 3.49. The maximum absolute atomic E-state index is 12.2. The number of likely N-dealkylation sites (N-methyl/N-ethyl adjacent to an activating group) is 1. The average molecular weight is 343 g/mol. The second-order valence-corrected chi connectivity index (χ2v) is 10.2. The highest BCUT2D eigenvalue weighted by atomic mass is 16.2. The van der Waals surface area contributed by atoms with Crippen molar-refractivity contribution in [1.29, 1.82) is 0 Å². The van der Waals surface area contributed by atoms with Crippen LogP contribution in [0.2, 0.25) is 0 Å². The van der Waals surface area contributed by atoms with Crippen molar-refractivity contribution in [2.24, 2.45) is 28.6 Å². The molecular formula is C22H34N2O. The predicted molar refractivity (Wildman–Crippen MR) is 100 cm³/mol. The molecule has 0 aromatic rings. The van der Waals surface area contributed by atoms with Gasteiger partial charge in [-0.1, -0.05) is 19.9 Å². The number of carbonyl (C=O) groups excluding carboxylic acids is 1. The summed E-state index contributed by atoms with van der Waals surface area (Å²) in [7, 11) is 2.02. The first-order valence-corrected chi connectivity index (χ1v) is 10.7. The van der Waals surface area contributed by atoms with Crippen LogP contribution in [0.5, 0.6) is 0 Å². The molecule has 0 unspecified atom stereocenters. The number of amides is 1. The van der Waals surface area contributed by atoms with Crippen LogP contribution in [0.1, 0.15) is 65.2 Å². The zero-order valence-electron chi connectivity index (χ0n) is 16.1. The van der Waals surface area contributed by atoms with E-state index in [1.165, 1.54) is 51.4 Å². The molecule has 25 heavy (non-hydrogen) atoms. The van der Waals surface area contributed by atoms with Crippen LogP contribution >= 0.6 is 0 Å². The third-order valence-corrected chi connectivity index (χ3v) is 9.14. The fraction of sp³-hybridized carbons (Fsp3) is 0.864. The Bertz CT molecular complexity index is 611. The van der Waals surface area contributed by atoms with Gasteiger partial charge in [-0.15, -0.1) is 0 Å². The Hall–Kier alpha value is -0.830. The van der Waals surface area contributed by atoms with Gasteiger partial charge in [-0.25, -0.2) is 0 Å². The largest absolute Gasteiger partial charge is 0.338 e. The molecule has 5 rings (SSSR count). The van der Waals surface area contributed by atoms with Gasteiger partial charge in [-0.3, -0.25) is 4.79 Å². The fourth-order valence-electron chi connectivity index (χ4n) is 7.55. The number of nitrogens with one attached hydrogen (secondary N) is 1. The Morgan fingerprint density at radius 2 is 1.84 bits per heavy atom. The van der Waals surface area contributed by atoms with Gasteiger partial charge in [0.15, 0.2) is 0 Å². The molecule has 7 atom stereocenters. The quantitative estimate of drug-likeness (QED) is 0.829. The van der Waals surface area contributed by atoms with E-state index in [1.807, 2.05) is 18.0 Å². The third-order valence-electron chi connectivity index (χ3n) is 9.14. The lowest BCUT2D eigenvalue weighted by Crippen LogP contribution is -2.60. The Balaban J connectivity index is 1.43. The number of rotatable bonds is 2. The van der Waals surface area contributed by atoms with Crippen molar-refractivity contribution < 1.29 is 4.79 Å². The molecular weight excluding hydrogens is 308 g/mol. The van der Waals surface area contributed by atoms with Gasteiger partial charge >= 0.3 is 0 Å². The summed E-state index contributed by atoms with van der Waals surface area (Å²) in [5, 5.41) is 4.00. The minimum atomic E-state index is 0.189. The van der Waals surface area contributed by atoms with E-state index in [9.17, 15) is 4.79 Å². The summed E-state index contributed by atoms with van der Waals surface area (Å²) in [6.07, 6.45) is 15.0. The van der Waals surface area contributed by atoms with Crippen LogP contribution in [0.15, 0.2) is 12.2 Å². The van der Waals surface area contributed by atoms with Gasteiger partial charge in [0.2, 0.25) is 5.91 Å². The second kappa shape index (κ2) is 5.34. The zero-order chi connectivity index (χ0) is 17.4. The highest BCUT2D eigenvalue weighted by molar-refractivity contribution is 5.89. The highest BCUT2D eigenvalue weighted by Crippen LogP contribution is 2.64. The molecule has 4 fully saturated rings. The minimum Gasteiger partial charge on any atom is -0.338 e. The number of carbonyl (C=O) groups is 1. The molecule has 1 aliphatic heterocycles. The van der Waals surface area contributed by atoms with Gasteiger partial charge < -0.3 is 10.2 Å². The lowest BCUT2D eigenvalue weighted by Gasteiger charge is -2.60. The summed E-state index contributed by atoms with van der Waals surface area (Å²) in [5.41, 5.74) is 0.696. The van der Waals surface area contributed by atoms with Gasteiger partial charge in [0.05, 0.1) is 0 Å². The molecule has 1 N–H and O–H groups in total. The molecule has 0 aromatic heterocycles. The summed E-state index contributed by atoms with van der Waals surface area (Å²) in [5.74, 6) is 2.71. The van der Waals surface area contributed by atoms with Gasteiger partial charge in [0, 0.05) is 30.6 Å². The lowest BCUT2D eigenvalue weighted by atomic mass is 9.48. The molecule has 1 amide bonds. The van der Waals surface area contributed by atoms with E-state index < -0.39 is 0 Å². The predicted octanol–water partition coefficient (Wildman–Crippen LogP) is 3.75. The molecule has 1 heterocycles. The average Bonchev–Trinajstić information content (AvgIpc) is 3.34. The summed E-state index contributed by atoms with van der Waals surface area (Å²) in [4.78, 5) is 14.2. The number of nitrogens with zero attached hydrogens (tertiary/aromatic N) is 1. The van der Waals surface area contributed by atoms with Gasteiger partial charge in [0.25, 0.3) is 0 Å². The van der Waals surface area contributed by atoms with Crippen molar-refractivity contribution in [1.82, 2.24) is 10.2 Å². The first kappa shape index (κ1) is 16.4. The van der Waals surface area contributed by atoms with E-state index in [0.29, 0.717) is 11.5 Å². The van der Waals surface area contributed by atoms with Gasteiger partial charge in [-0.2, -0.15) is 0 Å². The van der Waals surface area contributed by atoms with Gasteiger partial charge in [-0.05, 0) is 80.6 Å². The molecule has 0 spiro atoms. The van der Waals surface area contributed by atoms with Crippen molar-refractivity contribution >= 4 is 5.91 Å². The standard InChI is InChI=1S/C22H34N2O/c1-21-12-10-17-15(16(21)7-8-18(21)23-14-4-5-14)6-9-19-22(17,2)13-11-20(25)24(19)3/h11,13-19,23H,4-10,12H2,1-3H3/t15-,16-,17-,18-,19+,21-,22+/m0/s1. The number of hydrogen-bond donors (Lipinski definition) is 1.